The first-order valence-corrected chi connectivity index (χ1v) is 11.3. The molecule has 27 heavy (non-hydrogen) atoms. The third kappa shape index (κ3) is 7.24. The van der Waals surface area contributed by atoms with Gasteiger partial charge >= 0.3 is 0 Å². The lowest BCUT2D eigenvalue weighted by Crippen LogP contribution is -2.30. The molecule has 0 unspecified atom stereocenters. The van der Waals surface area contributed by atoms with Gasteiger partial charge in [-0.25, -0.2) is 0 Å². The van der Waals surface area contributed by atoms with E-state index in [4.69, 9.17) is 28.6 Å². The van der Waals surface area contributed by atoms with Gasteiger partial charge in [0.05, 0.1) is 6.10 Å². The van der Waals surface area contributed by atoms with E-state index in [0.717, 1.165) is 34.5 Å². The molecule has 0 radical (unpaired) electrons. The molecule has 0 heterocycles. The Kier molecular flexibility index (Phi) is 8.11. The summed E-state index contributed by atoms with van der Waals surface area (Å²) in [5.41, 5.74) is 2.25. The van der Waals surface area contributed by atoms with Crippen LogP contribution in [0, 0.1) is 0 Å². The zero-order valence-electron chi connectivity index (χ0n) is 15.2. The van der Waals surface area contributed by atoms with Gasteiger partial charge in [0.1, 0.15) is 5.75 Å². The van der Waals surface area contributed by atoms with Gasteiger partial charge in [0.25, 0.3) is 0 Å². The van der Waals surface area contributed by atoms with Crippen molar-refractivity contribution >= 4 is 46.4 Å². The van der Waals surface area contributed by atoms with Crippen LogP contribution >= 0.6 is 35.6 Å². The number of anilines is 1. The topological polar surface area (TPSA) is 33.3 Å². The standard InChI is InChI=1S/C21H25ClN2OS2/c22-17-7-5-16(6-8-17)15-27-14-13-23-21(26)24-18-9-11-20(12-10-18)25-19-3-1-2-4-19/h5-12,19H,1-4,13-15H2,(H2,23,24,26). The summed E-state index contributed by atoms with van der Waals surface area (Å²) < 4.78 is 5.98. The highest BCUT2D eigenvalue weighted by molar-refractivity contribution is 7.98. The number of nitrogens with one attached hydrogen (secondary N) is 2. The first-order valence-electron chi connectivity index (χ1n) is 9.33. The lowest BCUT2D eigenvalue weighted by atomic mass is 10.2. The van der Waals surface area contributed by atoms with Crippen LogP contribution in [0.5, 0.6) is 5.75 Å². The monoisotopic (exact) mass is 420 g/mol. The fraction of sp³-hybridized carbons (Fsp3) is 0.381. The second-order valence-corrected chi connectivity index (χ2v) is 8.56. The molecular weight excluding hydrogens is 396 g/mol. The summed E-state index contributed by atoms with van der Waals surface area (Å²) in [5, 5.41) is 7.89. The van der Waals surface area contributed by atoms with Crippen molar-refractivity contribution in [3.8, 4) is 5.75 Å². The molecule has 0 spiro atoms. The SMILES string of the molecule is S=C(NCCSCc1ccc(Cl)cc1)Nc1ccc(OC2CCCC2)cc1. The Hall–Kier alpha value is -1.43. The summed E-state index contributed by atoms with van der Waals surface area (Å²) in [7, 11) is 0. The molecule has 1 fully saturated rings. The van der Waals surface area contributed by atoms with Gasteiger partial charge in [-0.05, 0) is 79.9 Å². The van der Waals surface area contributed by atoms with Crippen LogP contribution in [0.25, 0.3) is 0 Å². The number of thioether (sulfide) groups is 1. The molecule has 2 aromatic rings. The van der Waals surface area contributed by atoms with E-state index in [2.05, 4.69) is 22.8 Å². The maximum absolute atomic E-state index is 5.98. The van der Waals surface area contributed by atoms with E-state index in [0.29, 0.717) is 11.2 Å². The van der Waals surface area contributed by atoms with Crippen molar-refractivity contribution in [2.75, 3.05) is 17.6 Å². The Morgan fingerprint density at radius 2 is 1.78 bits per heavy atom. The maximum Gasteiger partial charge on any atom is 0.170 e. The van der Waals surface area contributed by atoms with Crippen molar-refractivity contribution < 1.29 is 4.74 Å². The highest BCUT2D eigenvalue weighted by Gasteiger charge is 2.16. The number of halogens is 1. The Bertz CT molecular complexity index is 716. The molecule has 1 aliphatic carbocycles. The second kappa shape index (κ2) is 10.8. The van der Waals surface area contributed by atoms with Crippen molar-refractivity contribution in [3.05, 3.63) is 59.1 Å². The molecular formula is C21H25ClN2OS2. The summed E-state index contributed by atoms with van der Waals surface area (Å²) >= 11 is 13.1. The molecule has 1 saturated carbocycles. The molecule has 2 N–H and O–H groups in total. The molecule has 0 amide bonds. The van der Waals surface area contributed by atoms with Gasteiger partial charge in [-0.2, -0.15) is 11.8 Å². The second-order valence-electron chi connectivity index (χ2n) is 6.61. The molecule has 0 aromatic heterocycles. The van der Waals surface area contributed by atoms with Gasteiger partial charge in [0, 0.05) is 28.8 Å². The zero-order chi connectivity index (χ0) is 18.9. The fourth-order valence-corrected chi connectivity index (χ4v) is 4.16. The van der Waals surface area contributed by atoms with Gasteiger partial charge in [0.2, 0.25) is 0 Å². The van der Waals surface area contributed by atoms with Gasteiger partial charge in [-0.1, -0.05) is 23.7 Å². The van der Waals surface area contributed by atoms with Crippen molar-refractivity contribution in [2.45, 2.75) is 37.5 Å². The van der Waals surface area contributed by atoms with Crippen LogP contribution in [-0.2, 0) is 5.75 Å². The average Bonchev–Trinajstić information content (AvgIpc) is 3.18. The molecule has 3 nitrogen and oxygen atoms in total. The van der Waals surface area contributed by atoms with Crippen LogP contribution in [0.2, 0.25) is 5.02 Å². The number of ether oxygens (including phenoxy) is 1. The molecule has 3 rings (SSSR count). The molecule has 1 aliphatic rings. The Balaban J connectivity index is 1.31. The van der Waals surface area contributed by atoms with E-state index in [1.807, 2.05) is 48.2 Å². The molecule has 144 valence electrons. The largest absolute Gasteiger partial charge is 0.490 e. The predicted octanol–water partition coefficient (Wildman–Crippen LogP) is 5.88. The maximum atomic E-state index is 5.98. The number of rotatable bonds is 8. The van der Waals surface area contributed by atoms with Gasteiger partial charge in [-0.3, -0.25) is 0 Å². The molecule has 6 heteroatoms. The normalized spacial score (nSPS) is 14.1. The van der Waals surface area contributed by atoms with Gasteiger partial charge in [-0.15, -0.1) is 0 Å². The zero-order valence-corrected chi connectivity index (χ0v) is 17.6. The van der Waals surface area contributed by atoms with Crippen molar-refractivity contribution in [3.63, 3.8) is 0 Å². The van der Waals surface area contributed by atoms with E-state index in [-0.39, 0.29) is 0 Å². The lowest BCUT2D eigenvalue weighted by molar-refractivity contribution is 0.210. The van der Waals surface area contributed by atoms with Crippen molar-refractivity contribution in [1.29, 1.82) is 0 Å². The summed E-state index contributed by atoms with van der Waals surface area (Å²) in [6.45, 7) is 0.826. The Morgan fingerprint density at radius 1 is 1.07 bits per heavy atom. The third-order valence-corrected chi connectivity index (χ3v) is 5.96. The van der Waals surface area contributed by atoms with Crippen molar-refractivity contribution in [1.82, 2.24) is 5.32 Å². The fourth-order valence-electron chi connectivity index (χ4n) is 3.00. The van der Waals surface area contributed by atoms with Gasteiger partial charge < -0.3 is 15.4 Å². The van der Waals surface area contributed by atoms with Crippen LogP contribution in [0.3, 0.4) is 0 Å². The van der Waals surface area contributed by atoms with Crippen LogP contribution in [0.1, 0.15) is 31.2 Å². The van der Waals surface area contributed by atoms with Crippen LogP contribution in [0.15, 0.2) is 48.5 Å². The van der Waals surface area contributed by atoms with Crippen LogP contribution in [-0.4, -0.2) is 23.5 Å². The third-order valence-electron chi connectivity index (χ3n) is 4.43. The predicted molar refractivity (Wildman–Crippen MR) is 121 cm³/mol. The quantitative estimate of drug-likeness (QED) is 0.411. The van der Waals surface area contributed by atoms with E-state index < -0.39 is 0 Å². The highest BCUT2D eigenvalue weighted by Crippen LogP contribution is 2.25. The minimum Gasteiger partial charge on any atom is -0.490 e. The van der Waals surface area contributed by atoms with Crippen LogP contribution < -0.4 is 15.4 Å². The number of hydrogen-bond acceptors (Lipinski definition) is 3. The minimum absolute atomic E-state index is 0.386. The van der Waals surface area contributed by atoms with Crippen molar-refractivity contribution in [2.24, 2.45) is 0 Å². The Morgan fingerprint density at radius 3 is 2.48 bits per heavy atom. The molecule has 0 aliphatic heterocycles. The molecule has 0 saturated heterocycles. The lowest BCUT2D eigenvalue weighted by Gasteiger charge is -2.14. The van der Waals surface area contributed by atoms with E-state index in [9.17, 15) is 0 Å². The number of hydrogen-bond donors (Lipinski definition) is 2. The Labute approximate surface area is 176 Å². The molecule has 2 aromatic carbocycles. The first kappa shape index (κ1) is 20.3. The highest BCUT2D eigenvalue weighted by atomic mass is 35.5. The average molecular weight is 421 g/mol. The molecule has 0 atom stereocenters. The first-order chi connectivity index (χ1) is 13.2. The minimum atomic E-state index is 0.386. The van der Waals surface area contributed by atoms with E-state index in [1.165, 1.54) is 31.2 Å². The smallest absolute Gasteiger partial charge is 0.170 e. The van der Waals surface area contributed by atoms with Gasteiger partial charge in [0.15, 0.2) is 5.11 Å². The van der Waals surface area contributed by atoms with Crippen LogP contribution in [0.4, 0.5) is 5.69 Å². The molecule has 0 bridgehead atoms. The van der Waals surface area contributed by atoms with E-state index in [1.54, 1.807) is 0 Å². The van der Waals surface area contributed by atoms with E-state index >= 15 is 0 Å². The summed E-state index contributed by atoms with van der Waals surface area (Å²) in [6, 6.07) is 16.0. The summed E-state index contributed by atoms with van der Waals surface area (Å²) in [5.74, 6) is 2.89. The number of benzene rings is 2. The number of thiocarbonyl (C=S) groups is 1. The summed E-state index contributed by atoms with van der Waals surface area (Å²) in [6.07, 6.45) is 5.29. The summed E-state index contributed by atoms with van der Waals surface area (Å²) in [4.78, 5) is 0.